The van der Waals surface area contributed by atoms with Crippen molar-refractivity contribution >= 4 is 33.0 Å². The van der Waals surface area contributed by atoms with E-state index < -0.39 is 0 Å². The van der Waals surface area contributed by atoms with E-state index in [0.717, 1.165) is 23.6 Å². The normalized spacial score (nSPS) is 21.9. The highest BCUT2D eigenvalue weighted by molar-refractivity contribution is 9.10. The Balaban J connectivity index is 1.61. The van der Waals surface area contributed by atoms with Gasteiger partial charge in [0.1, 0.15) is 5.75 Å². The third-order valence-corrected chi connectivity index (χ3v) is 5.69. The van der Waals surface area contributed by atoms with Crippen LogP contribution in [0.15, 0.2) is 68.1 Å². The van der Waals surface area contributed by atoms with Gasteiger partial charge in [0.05, 0.1) is 16.6 Å². The van der Waals surface area contributed by atoms with E-state index in [1.807, 2.05) is 35.3 Å². The van der Waals surface area contributed by atoms with E-state index >= 15 is 0 Å². The Kier molecular flexibility index (Phi) is 3.28. The number of hydrogen-bond donors (Lipinski definition) is 0. The molecular weight excluding hydrogens is 388 g/mol. The minimum atomic E-state index is -0.353. The minimum absolute atomic E-state index is 0.168. The van der Waals surface area contributed by atoms with Gasteiger partial charge < -0.3 is 9.15 Å². The van der Waals surface area contributed by atoms with Crippen molar-refractivity contribution in [2.24, 2.45) is 5.10 Å². The van der Waals surface area contributed by atoms with Gasteiger partial charge in [0.25, 0.3) is 0 Å². The number of ether oxygens (including phenoxy) is 1. The summed E-state index contributed by atoms with van der Waals surface area (Å²) in [6.45, 7) is 0. The molecular formula is C18H13BrN2O2S. The third-order valence-electron chi connectivity index (χ3n) is 4.34. The number of benzene rings is 1. The summed E-state index contributed by atoms with van der Waals surface area (Å²) in [4.78, 5) is 1.21. The van der Waals surface area contributed by atoms with E-state index in [1.54, 1.807) is 11.3 Å². The molecule has 5 rings (SSSR count). The highest BCUT2D eigenvalue weighted by Gasteiger charge is 2.42. The average Bonchev–Trinajstić information content (AvgIpc) is 3.34. The zero-order valence-corrected chi connectivity index (χ0v) is 15.0. The minimum Gasteiger partial charge on any atom is -0.461 e. The molecule has 2 unspecified atom stereocenters. The highest BCUT2D eigenvalue weighted by Crippen LogP contribution is 2.47. The second-order valence-corrected chi connectivity index (χ2v) is 7.50. The summed E-state index contributed by atoms with van der Waals surface area (Å²) >= 11 is 5.09. The summed E-state index contributed by atoms with van der Waals surface area (Å²) in [5, 5.41) is 8.99. The Morgan fingerprint density at radius 2 is 2.04 bits per heavy atom. The van der Waals surface area contributed by atoms with Gasteiger partial charge in [0, 0.05) is 12.0 Å². The predicted octanol–water partition coefficient (Wildman–Crippen LogP) is 5.35. The van der Waals surface area contributed by atoms with Crippen LogP contribution in [-0.4, -0.2) is 10.7 Å². The molecule has 6 heteroatoms. The monoisotopic (exact) mass is 400 g/mol. The van der Waals surface area contributed by atoms with Crippen LogP contribution in [0.4, 0.5) is 0 Å². The molecule has 0 spiro atoms. The summed E-state index contributed by atoms with van der Waals surface area (Å²) in [6, 6.07) is 16.3. The maximum atomic E-state index is 6.22. The van der Waals surface area contributed by atoms with Gasteiger partial charge in [-0.25, -0.2) is 5.01 Å². The Morgan fingerprint density at radius 1 is 1.12 bits per heavy atom. The van der Waals surface area contributed by atoms with Crippen molar-refractivity contribution < 1.29 is 9.15 Å². The van der Waals surface area contributed by atoms with Crippen LogP contribution in [0.2, 0.25) is 0 Å². The van der Waals surface area contributed by atoms with Crippen molar-refractivity contribution in [2.75, 3.05) is 0 Å². The highest BCUT2D eigenvalue weighted by atomic mass is 79.9. The molecule has 4 heterocycles. The zero-order valence-electron chi connectivity index (χ0n) is 12.6. The van der Waals surface area contributed by atoms with Crippen molar-refractivity contribution in [3.63, 3.8) is 0 Å². The Bertz CT molecular complexity index is 919. The summed E-state index contributed by atoms with van der Waals surface area (Å²) in [6.07, 6.45) is 0.521. The number of thiophene rings is 1. The van der Waals surface area contributed by atoms with E-state index in [-0.39, 0.29) is 12.3 Å². The van der Waals surface area contributed by atoms with Crippen LogP contribution in [0.25, 0.3) is 0 Å². The molecule has 2 aliphatic rings. The molecule has 120 valence electrons. The molecule has 2 atom stereocenters. The molecule has 0 amide bonds. The number of para-hydroxylation sites is 1. The smallest absolute Gasteiger partial charge is 0.246 e. The molecule has 0 fully saturated rings. The largest absolute Gasteiger partial charge is 0.461 e. The fraction of sp³-hybridized carbons (Fsp3) is 0.167. The van der Waals surface area contributed by atoms with E-state index in [9.17, 15) is 0 Å². The fourth-order valence-electron chi connectivity index (χ4n) is 3.27. The first-order valence-electron chi connectivity index (χ1n) is 7.70. The van der Waals surface area contributed by atoms with Gasteiger partial charge in [-0.2, -0.15) is 5.10 Å². The molecule has 0 saturated heterocycles. The first kappa shape index (κ1) is 14.3. The first-order valence-corrected chi connectivity index (χ1v) is 9.37. The van der Waals surface area contributed by atoms with E-state index in [4.69, 9.17) is 14.3 Å². The van der Waals surface area contributed by atoms with Crippen molar-refractivity contribution in [3.05, 3.63) is 74.8 Å². The van der Waals surface area contributed by atoms with Gasteiger partial charge in [0.2, 0.25) is 6.23 Å². The van der Waals surface area contributed by atoms with Gasteiger partial charge in [-0.3, -0.25) is 0 Å². The number of hydrogen-bond acceptors (Lipinski definition) is 5. The first-order chi connectivity index (χ1) is 11.8. The topological polar surface area (TPSA) is 38.0 Å². The number of furan rings is 1. The number of hydrazone groups is 1. The van der Waals surface area contributed by atoms with Crippen molar-refractivity contribution in [3.8, 4) is 5.75 Å². The molecule has 0 bridgehead atoms. The number of halogens is 1. The molecule has 0 N–H and O–H groups in total. The fourth-order valence-corrected chi connectivity index (χ4v) is 4.31. The summed E-state index contributed by atoms with van der Waals surface area (Å²) in [5.41, 5.74) is 2.28. The molecule has 1 aromatic carbocycles. The number of fused-ring (bicyclic) bond motifs is 3. The SMILES string of the molecule is Brc1ccc(C2Oc3ccccc3C3CC(c4cccs4)=NN32)o1. The second kappa shape index (κ2) is 5.50. The zero-order chi connectivity index (χ0) is 16.1. The lowest BCUT2D eigenvalue weighted by molar-refractivity contribution is -0.0329. The molecule has 3 aromatic rings. The lowest BCUT2D eigenvalue weighted by Crippen LogP contribution is -2.33. The predicted molar refractivity (Wildman–Crippen MR) is 96.3 cm³/mol. The van der Waals surface area contributed by atoms with Crippen LogP contribution in [0.1, 0.15) is 34.9 Å². The molecule has 4 nitrogen and oxygen atoms in total. The van der Waals surface area contributed by atoms with Crippen LogP contribution >= 0.6 is 27.3 Å². The molecule has 0 aliphatic carbocycles. The van der Waals surface area contributed by atoms with Crippen molar-refractivity contribution in [2.45, 2.75) is 18.7 Å². The Labute approximate surface area is 151 Å². The summed E-state index contributed by atoms with van der Waals surface area (Å²) in [5.74, 6) is 1.65. The Morgan fingerprint density at radius 3 is 2.83 bits per heavy atom. The van der Waals surface area contributed by atoms with Crippen LogP contribution in [0.3, 0.4) is 0 Å². The van der Waals surface area contributed by atoms with Gasteiger partial charge in [-0.1, -0.05) is 24.3 Å². The van der Waals surface area contributed by atoms with Gasteiger partial charge in [0.15, 0.2) is 10.4 Å². The van der Waals surface area contributed by atoms with Crippen molar-refractivity contribution in [1.82, 2.24) is 5.01 Å². The van der Waals surface area contributed by atoms with Gasteiger partial charge in [-0.15, -0.1) is 11.3 Å². The lowest BCUT2D eigenvalue weighted by Gasteiger charge is -2.36. The lowest BCUT2D eigenvalue weighted by atomic mass is 9.98. The number of nitrogens with zero attached hydrogens (tertiary/aromatic N) is 2. The quantitative estimate of drug-likeness (QED) is 0.581. The summed E-state index contributed by atoms with van der Waals surface area (Å²) in [7, 11) is 0. The van der Waals surface area contributed by atoms with Gasteiger partial charge >= 0.3 is 0 Å². The van der Waals surface area contributed by atoms with E-state index in [1.165, 1.54) is 10.4 Å². The van der Waals surface area contributed by atoms with Crippen LogP contribution in [0, 0.1) is 0 Å². The molecule has 24 heavy (non-hydrogen) atoms. The van der Waals surface area contributed by atoms with Crippen LogP contribution in [0.5, 0.6) is 5.75 Å². The van der Waals surface area contributed by atoms with Crippen LogP contribution < -0.4 is 4.74 Å². The number of rotatable bonds is 2. The maximum Gasteiger partial charge on any atom is 0.246 e. The molecule has 0 radical (unpaired) electrons. The van der Waals surface area contributed by atoms with E-state index in [2.05, 4.69) is 39.5 Å². The maximum absolute atomic E-state index is 6.22. The second-order valence-electron chi connectivity index (χ2n) is 5.77. The average molecular weight is 401 g/mol. The van der Waals surface area contributed by atoms with Crippen LogP contribution in [-0.2, 0) is 0 Å². The molecule has 0 saturated carbocycles. The van der Waals surface area contributed by atoms with Gasteiger partial charge in [-0.05, 0) is 45.6 Å². The van der Waals surface area contributed by atoms with Crippen molar-refractivity contribution in [1.29, 1.82) is 0 Å². The summed E-state index contributed by atoms with van der Waals surface area (Å²) < 4.78 is 12.7. The third kappa shape index (κ3) is 2.21. The Hall–Kier alpha value is -2.05. The molecule has 2 aromatic heterocycles. The standard InChI is InChI=1S/C18H13BrN2O2S/c19-17-8-7-15(22-17)18-21-13(11-4-1-2-5-14(11)23-18)10-12(20-21)16-6-3-9-24-16/h1-9,13,18H,10H2. The van der Waals surface area contributed by atoms with E-state index in [0.29, 0.717) is 4.67 Å². The molecule has 2 aliphatic heterocycles.